The summed E-state index contributed by atoms with van der Waals surface area (Å²) in [7, 11) is 0. The van der Waals surface area contributed by atoms with Crippen LogP contribution in [0.4, 0.5) is 8.78 Å². The Hall–Kier alpha value is -1.38. The van der Waals surface area contributed by atoms with Crippen molar-refractivity contribution in [3.05, 3.63) is 99.2 Å². The summed E-state index contributed by atoms with van der Waals surface area (Å²) in [4.78, 5) is 0. The molecule has 0 radical (unpaired) electrons. The van der Waals surface area contributed by atoms with Gasteiger partial charge in [-0.25, -0.2) is 0 Å². The molecule has 0 aromatic heterocycles. The minimum atomic E-state index is -2.05. The van der Waals surface area contributed by atoms with Crippen molar-refractivity contribution in [2.75, 3.05) is 0 Å². The van der Waals surface area contributed by atoms with Gasteiger partial charge in [-0.15, -0.1) is 0 Å². The number of hydrogen-bond donors (Lipinski definition) is 0. The van der Waals surface area contributed by atoms with E-state index in [2.05, 4.69) is 65.1 Å². The summed E-state index contributed by atoms with van der Waals surface area (Å²) in [5.41, 5.74) is 9.81. The number of rotatable bonds is 3. The van der Waals surface area contributed by atoms with Gasteiger partial charge in [0.25, 0.3) is 0 Å². The Morgan fingerprint density at radius 3 is 1.97 bits per heavy atom. The van der Waals surface area contributed by atoms with Crippen molar-refractivity contribution in [3.63, 3.8) is 0 Å². The van der Waals surface area contributed by atoms with Gasteiger partial charge >= 0.3 is 187 Å². The average Bonchev–Trinajstić information content (AvgIpc) is 3.15. The van der Waals surface area contributed by atoms with Gasteiger partial charge in [0.1, 0.15) is 0 Å². The Morgan fingerprint density at radius 2 is 1.40 bits per heavy atom. The van der Waals surface area contributed by atoms with Gasteiger partial charge in [0.15, 0.2) is 0 Å². The molecule has 0 amide bonds. The summed E-state index contributed by atoms with van der Waals surface area (Å²) in [6.07, 6.45) is 2.37. The number of halogens is 2. The van der Waals surface area contributed by atoms with Crippen LogP contribution in [0.5, 0.6) is 0 Å². The molecular formula is C26H28F2SiZr. The van der Waals surface area contributed by atoms with E-state index in [1.807, 2.05) is 6.07 Å². The van der Waals surface area contributed by atoms with Crippen LogP contribution >= 0.6 is 0 Å². The van der Waals surface area contributed by atoms with Crippen molar-refractivity contribution < 1.29 is 29.1 Å². The van der Waals surface area contributed by atoms with Gasteiger partial charge in [0, 0.05) is 0 Å². The maximum atomic E-state index is 14.0. The van der Waals surface area contributed by atoms with Crippen molar-refractivity contribution >= 4 is 11.0 Å². The normalized spacial score (nSPS) is 18.8. The summed E-state index contributed by atoms with van der Waals surface area (Å²) >= 11 is -2.05. The maximum absolute atomic E-state index is 14.0. The number of hydrogen-bond acceptors (Lipinski definition) is 0. The molecular weight excluding hydrogens is 470 g/mol. The zero-order valence-electron chi connectivity index (χ0n) is 18.5. The molecule has 0 nitrogen and oxygen atoms in total. The van der Waals surface area contributed by atoms with E-state index in [9.17, 15) is 8.78 Å². The van der Waals surface area contributed by atoms with Crippen LogP contribution in [-0.4, -0.2) is 5.43 Å². The number of benzene rings is 2. The Bertz CT molecular complexity index is 1140. The second-order valence-electron chi connectivity index (χ2n) is 8.81. The van der Waals surface area contributed by atoms with Gasteiger partial charge < -0.3 is 0 Å². The van der Waals surface area contributed by atoms with E-state index in [1.54, 1.807) is 11.1 Å². The predicted octanol–water partition coefficient (Wildman–Crippen LogP) is 7.80. The van der Waals surface area contributed by atoms with Crippen LogP contribution in [0.15, 0.2) is 70.8 Å². The number of fused-ring (bicyclic) bond motifs is 1. The third kappa shape index (κ3) is 3.60. The quantitative estimate of drug-likeness (QED) is 0.380. The van der Waals surface area contributed by atoms with Crippen LogP contribution in [-0.2, 0) is 20.4 Å². The van der Waals surface area contributed by atoms with Crippen molar-refractivity contribution in [1.82, 2.24) is 0 Å². The Morgan fingerprint density at radius 1 is 0.833 bits per heavy atom. The summed E-state index contributed by atoms with van der Waals surface area (Å²) in [5, 5.41) is 0. The van der Waals surface area contributed by atoms with Gasteiger partial charge in [-0.2, -0.15) is 0 Å². The first-order valence-electron chi connectivity index (χ1n) is 10.5. The number of allylic oxidation sites excluding steroid dienone is 5. The molecule has 4 rings (SSSR count). The van der Waals surface area contributed by atoms with Crippen molar-refractivity contribution in [1.29, 1.82) is 0 Å². The summed E-state index contributed by atoms with van der Waals surface area (Å²) < 4.78 is 29.1. The molecule has 0 saturated heterocycles. The van der Waals surface area contributed by atoms with E-state index < -0.39 is 37.4 Å². The molecule has 2 aromatic carbocycles. The predicted molar refractivity (Wildman–Crippen MR) is 121 cm³/mol. The molecule has 154 valence electrons. The Balaban J connectivity index is 1.92. The molecule has 0 N–H and O–H groups in total. The molecule has 0 saturated carbocycles. The van der Waals surface area contributed by atoms with E-state index in [4.69, 9.17) is 0 Å². The minimum absolute atomic E-state index is 0.447. The average molecular weight is 498 g/mol. The second kappa shape index (κ2) is 8.28. The Kier molecular flexibility index (Phi) is 6.03. The van der Waals surface area contributed by atoms with E-state index >= 15 is 0 Å². The molecule has 0 aliphatic heterocycles. The van der Waals surface area contributed by atoms with Crippen molar-refractivity contribution in [2.45, 2.75) is 48.0 Å². The second-order valence-corrected chi connectivity index (χ2v) is 26.8. The molecule has 1 atom stereocenters. The van der Waals surface area contributed by atoms with Gasteiger partial charge in [-0.3, -0.25) is 0 Å². The van der Waals surface area contributed by atoms with E-state index in [-0.39, 0.29) is 0 Å². The molecule has 2 aliphatic carbocycles. The van der Waals surface area contributed by atoms with Gasteiger partial charge in [0.2, 0.25) is 0 Å². The zero-order chi connectivity index (χ0) is 21.7. The van der Waals surface area contributed by atoms with Crippen molar-refractivity contribution in [3.8, 4) is 0 Å². The van der Waals surface area contributed by atoms with Crippen LogP contribution in [0.3, 0.4) is 0 Å². The van der Waals surface area contributed by atoms with E-state index in [0.717, 1.165) is 17.2 Å². The SMILES string of the molecule is CC1=C(C)[CH]([Zr]([CH]2C=C(c3cc(F)cc(F)c3)c3ccccc32)=[Si](C)C)C(C)=C1C. The first kappa shape index (κ1) is 21.8. The molecule has 0 spiro atoms. The topological polar surface area (TPSA) is 0 Å². The van der Waals surface area contributed by atoms with Crippen LogP contribution in [0.25, 0.3) is 5.57 Å². The van der Waals surface area contributed by atoms with Gasteiger partial charge in [0.05, 0.1) is 0 Å². The first-order valence-corrected chi connectivity index (χ1v) is 19.5. The molecule has 4 heteroatoms. The van der Waals surface area contributed by atoms with Crippen LogP contribution in [0.1, 0.15) is 48.0 Å². The summed E-state index contributed by atoms with van der Waals surface area (Å²) in [5.74, 6) is -1.03. The van der Waals surface area contributed by atoms with Crippen LogP contribution in [0, 0.1) is 11.6 Å². The fourth-order valence-electron chi connectivity index (χ4n) is 5.17. The third-order valence-corrected chi connectivity index (χ3v) is 26.6. The monoisotopic (exact) mass is 496 g/mol. The fraction of sp³-hybridized carbons (Fsp3) is 0.308. The molecule has 2 aliphatic rings. The first-order chi connectivity index (χ1) is 14.2. The molecule has 2 aromatic rings. The van der Waals surface area contributed by atoms with Gasteiger partial charge in [-0.05, 0) is 0 Å². The zero-order valence-corrected chi connectivity index (χ0v) is 22.0. The molecule has 0 bridgehead atoms. The summed E-state index contributed by atoms with van der Waals surface area (Å²) in [6.45, 7) is 14.2. The standard InChI is InChI=1S/C15H9F2.C9H13.C2H6Si.Zr/c16-12-7-11(8-13(17)9-12)15-6-5-10-3-1-2-4-14(10)15;1-6-5-7(2)9(4)8(6)3;1-3-2;/h1-9H;5H,1-4H3;1-2H3;. The third-order valence-electron chi connectivity index (χ3n) is 6.93. The molecule has 0 heterocycles. The molecule has 1 unspecified atom stereocenters. The fourth-order valence-corrected chi connectivity index (χ4v) is 25.7. The van der Waals surface area contributed by atoms with Crippen LogP contribution in [0.2, 0.25) is 16.7 Å². The van der Waals surface area contributed by atoms with Crippen molar-refractivity contribution in [2.24, 2.45) is 0 Å². The van der Waals surface area contributed by atoms with Gasteiger partial charge in [-0.1, -0.05) is 0 Å². The van der Waals surface area contributed by atoms with Crippen LogP contribution < -0.4 is 0 Å². The van der Waals surface area contributed by atoms with E-state index in [1.165, 1.54) is 28.8 Å². The molecule has 30 heavy (non-hydrogen) atoms. The van der Waals surface area contributed by atoms with E-state index in [0.29, 0.717) is 12.8 Å². The summed E-state index contributed by atoms with van der Waals surface area (Å²) in [6, 6.07) is 12.4. The molecule has 0 fully saturated rings. The Labute approximate surface area is 186 Å².